The first kappa shape index (κ1) is 48.0. The number of hydrogen-bond acceptors (Lipinski definition) is 9. The lowest BCUT2D eigenvalue weighted by molar-refractivity contribution is -0.135. The zero-order valence-corrected chi connectivity index (χ0v) is 39.1. The van der Waals surface area contributed by atoms with Crippen molar-refractivity contribution in [2.75, 3.05) is 64.2 Å². The molecule has 0 aliphatic carbocycles. The van der Waals surface area contributed by atoms with Gasteiger partial charge in [0.1, 0.15) is 17.2 Å². The third-order valence-electron chi connectivity index (χ3n) is 12.9. The van der Waals surface area contributed by atoms with Crippen LogP contribution in [-0.4, -0.2) is 130 Å². The van der Waals surface area contributed by atoms with Crippen LogP contribution in [0.15, 0.2) is 83.7 Å². The SMILES string of the molecule is CCc1cccc(-c2cc(F)c(C(=O)N3CCC(OC4CCN(CC(=O)N5CCN(C(=O)c6cc(Cc7n[nH]c(=O)c8ccccc78)ccc6F)CC5)CC4)CC3)c(NC(=O)OC(C)(C)C)c2)c1. The standard InChI is InChI=1S/C52H59F2N7O7/c1-5-33-9-8-10-35(27-33)36-30-43(54)47(45(31-36)55-51(66)68-52(2,3)4)50(65)60-21-17-38(18-22-60)67-37-15-19-58(20-16-37)32-46(62)59-23-25-61(26-24-59)49(64)41-28-34(13-14-42(41)53)29-44-39-11-6-7-12-40(39)48(63)57-56-44/h6-14,27-28,30-31,37-38H,5,15-26,29,32H2,1-4H3,(H,55,66)(H,57,63). The van der Waals surface area contributed by atoms with Crippen molar-refractivity contribution >= 4 is 40.3 Å². The topological polar surface area (TPSA) is 157 Å². The molecule has 8 rings (SSSR count). The van der Waals surface area contributed by atoms with E-state index in [0.717, 1.165) is 30.4 Å². The Bertz CT molecular complexity index is 2730. The molecule has 14 nitrogen and oxygen atoms in total. The Morgan fingerprint density at radius 3 is 2.07 bits per heavy atom. The molecular weight excluding hydrogens is 873 g/mol. The van der Waals surface area contributed by atoms with Crippen molar-refractivity contribution in [3.05, 3.63) is 129 Å². The second-order valence-corrected chi connectivity index (χ2v) is 18.9. The molecule has 0 unspecified atom stereocenters. The minimum Gasteiger partial charge on any atom is -0.444 e. The van der Waals surface area contributed by atoms with Crippen LogP contribution < -0.4 is 10.9 Å². The number of amides is 4. The number of H-pyrrole nitrogens is 1. The van der Waals surface area contributed by atoms with Gasteiger partial charge in [0, 0.05) is 64.2 Å². The lowest BCUT2D eigenvalue weighted by atomic mass is 9.98. The highest BCUT2D eigenvalue weighted by molar-refractivity contribution is 6.04. The first-order valence-electron chi connectivity index (χ1n) is 23.5. The summed E-state index contributed by atoms with van der Waals surface area (Å²) < 4.78 is 43.1. The molecule has 3 fully saturated rings. The van der Waals surface area contributed by atoms with Crippen LogP contribution in [0.25, 0.3) is 21.9 Å². The maximum atomic E-state index is 16.1. The van der Waals surface area contributed by atoms with Crippen LogP contribution in [0.2, 0.25) is 0 Å². The number of hydrogen-bond donors (Lipinski definition) is 2. The average molecular weight is 932 g/mol. The van der Waals surface area contributed by atoms with E-state index in [4.69, 9.17) is 9.47 Å². The molecule has 68 heavy (non-hydrogen) atoms. The Hall–Kier alpha value is -6.52. The van der Waals surface area contributed by atoms with E-state index < -0.39 is 35.1 Å². The lowest BCUT2D eigenvalue weighted by Gasteiger charge is -2.38. The quantitative estimate of drug-likeness (QED) is 0.137. The summed E-state index contributed by atoms with van der Waals surface area (Å²) in [6, 6.07) is 22.2. The maximum absolute atomic E-state index is 16.1. The number of anilines is 1. The van der Waals surface area contributed by atoms with Crippen LogP contribution >= 0.6 is 0 Å². The van der Waals surface area contributed by atoms with Gasteiger partial charge in [0.05, 0.1) is 46.6 Å². The predicted molar refractivity (Wildman–Crippen MR) is 255 cm³/mol. The number of rotatable bonds is 11. The molecule has 0 radical (unpaired) electrons. The number of aromatic amines is 1. The summed E-state index contributed by atoms with van der Waals surface area (Å²) in [5.74, 6) is -2.34. The number of nitrogens with one attached hydrogen (secondary N) is 2. The number of piperidine rings is 2. The molecule has 358 valence electrons. The average Bonchev–Trinajstić information content (AvgIpc) is 3.33. The minimum atomic E-state index is -0.803. The van der Waals surface area contributed by atoms with E-state index in [9.17, 15) is 24.0 Å². The smallest absolute Gasteiger partial charge is 0.412 e. The number of piperazine rings is 1. The van der Waals surface area contributed by atoms with Gasteiger partial charge in [-0.05, 0) is 105 Å². The number of likely N-dealkylation sites (tertiary alicyclic amines) is 2. The number of carbonyl (C=O) groups excluding carboxylic acids is 4. The lowest BCUT2D eigenvalue weighted by Crippen LogP contribution is -2.53. The van der Waals surface area contributed by atoms with Crippen molar-refractivity contribution in [2.24, 2.45) is 0 Å². The van der Waals surface area contributed by atoms with Crippen LogP contribution in [0.3, 0.4) is 0 Å². The summed E-state index contributed by atoms with van der Waals surface area (Å²) in [6.07, 6.45) is 2.84. The molecule has 3 aliphatic rings. The van der Waals surface area contributed by atoms with Gasteiger partial charge in [0.15, 0.2) is 0 Å². The van der Waals surface area contributed by atoms with Crippen molar-refractivity contribution in [2.45, 2.75) is 84.0 Å². The normalized spacial score (nSPS) is 16.5. The molecule has 3 saturated heterocycles. The van der Waals surface area contributed by atoms with Crippen LogP contribution in [-0.2, 0) is 27.1 Å². The summed E-state index contributed by atoms with van der Waals surface area (Å²) in [7, 11) is 0. The molecule has 16 heteroatoms. The Labute approximate surface area is 394 Å². The highest BCUT2D eigenvalue weighted by Gasteiger charge is 2.33. The number of aryl methyl sites for hydroxylation is 1. The van der Waals surface area contributed by atoms with E-state index in [-0.39, 0.29) is 60.1 Å². The zero-order chi connectivity index (χ0) is 48.1. The molecule has 0 atom stereocenters. The Morgan fingerprint density at radius 1 is 0.721 bits per heavy atom. The Morgan fingerprint density at radius 2 is 1.38 bits per heavy atom. The first-order chi connectivity index (χ1) is 32.6. The van der Waals surface area contributed by atoms with Gasteiger partial charge >= 0.3 is 6.09 Å². The van der Waals surface area contributed by atoms with Crippen molar-refractivity contribution in [1.29, 1.82) is 0 Å². The summed E-state index contributed by atoms with van der Waals surface area (Å²) >= 11 is 0. The van der Waals surface area contributed by atoms with Crippen LogP contribution in [0.1, 0.15) is 90.9 Å². The number of carbonyl (C=O) groups is 4. The van der Waals surface area contributed by atoms with Gasteiger partial charge in [0.25, 0.3) is 17.4 Å². The monoisotopic (exact) mass is 931 g/mol. The van der Waals surface area contributed by atoms with Crippen molar-refractivity contribution in [1.82, 2.24) is 29.8 Å². The van der Waals surface area contributed by atoms with E-state index in [2.05, 4.69) is 20.4 Å². The summed E-state index contributed by atoms with van der Waals surface area (Å²) in [5.41, 5.74) is 2.34. The van der Waals surface area contributed by atoms with Gasteiger partial charge < -0.3 is 24.2 Å². The fraction of sp³-hybridized carbons (Fsp3) is 0.423. The van der Waals surface area contributed by atoms with E-state index in [1.165, 1.54) is 18.2 Å². The zero-order valence-electron chi connectivity index (χ0n) is 39.1. The Kier molecular flexibility index (Phi) is 14.7. The second kappa shape index (κ2) is 20.8. The molecule has 5 aromatic rings. The van der Waals surface area contributed by atoms with Crippen LogP contribution in [0.5, 0.6) is 0 Å². The third kappa shape index (κ3) is 11.4. The van der Waals surface area contributed by atoms with Gasteiger partial charge in [-0.25, -0.2) is 18.7 Å². The minimum absolute atomic E-state index is 0.00442. The molecule has 0 spiro atoms. The molecule has 0 bridgehead atoms. The largest absolute Gasteiger partial charge is 0.444 e. The first-order valence-corrected chi connectivity index (χ1v) is 23.5. The van der Waals surface area contributed by atoms with Crippen molar-refractivity contribution < 1.29 is 37.4 Å². The highest BCUT2D eigenvalue weighted by atomic mass is 19.1. The molecular formula is C52H59F2N7O7. The van der Waals surface area contributed by atoms with Gasteiger partial charge in [-0.1, -0.05) is 55.5 Å². The summed E-state index contributed by atoms with van der Waals surface area (Å²) in [6.45, 7) is 10.8. The fourth-order valence-corrected chi connectivity index (χ4v) is 9.27. The predicted octanol–water partition coefficient (Wildman–Crippen LogP) is 7.44. The van der Waals surface area contributed by atoms with E-state index in [1.807, 2.05) is 43.3 Å². The van der Waals surface area contributed by atoms with E-state index in [0.29, 0.717) is 86.1 Å². The molecule has 3 aliphatic heterocycles. The highest BCUT2D eigenvalue weighted by Crippen LogP contribution is 2.32. The molecule has 4 aromatic carbocycles. The number of aromatic nitrogens is 2. The van der Waals surface area contributed by atoms with Gasteiger partial charge in [-0.3, -0.25) is 29.4 Å². The van der Waals surface area contributed by atoms with Crippen LogP contribution in [0, 0.1) is 11.6 Å². The molecule has 0 saturated carbocycles. The second-order valence-electron chi connectivity index (χ2n) is 18.9. The van der Waals surface area contributed by atoms with Gasteiger partial charge in [-0.2, -0.15) is 5.10 Å². The van der Waals surface area contributed by atoms with Crippen molar-refractivity contribution in [3.63, 3.8) is 0 Å². The summed E-state index contributed by atoms with van der Waals surface area (Å²) in [5, 5.41) is 10.6. The molecule has 4 heterocycles. The number of ether oxygens (including phenoxy) is 2. The maximum Gasteiger partial charge on any atom is 0.412 e. The summed E-state index contributed by atoms with van der Waals surface area (Å²) in [4.78, 5) is 73.2. The molecule has 2 N–H and O–H groups in total. The van der Waals surface area contributed by atoms with Gasteiger partial charge in [-0.15, -0.1) is 0 Å². The van der Waals surface area contributed by atoms with Crippen molar-refractivity contribution in [3.8, 4) is 11.1 Å². The molecule has 4 amide bonds. The van der Waals surface area contributed by atoms with Gasteiger partial charge in [0.2, 0.25) is 5.91 Å². The fourth-order valence-electron chi connectivity index (χ4n) is 9.27. The number of benzene rings is 4. The number of fused-ring (bicyclic) bond motifs is 1. The third-order valence-corrected chi connectivity index (χ3v) is 12.9. The number of halogens is 2. The number of nitrogens with zero attached hydrogens (tertiary/aromatic N) is 5. The van der Waals surface area contributed by atoms with Crippen LogP contribution in [0.4, 0.5) is 19.3 Å². The van der Waals surface area contributed by atoms with E-state index >= 15 is 8.78 Å². The van der Waals surface area contributed by atoms with E-state index in [1.54, 1.807) is 59.7 Å². The molecule has 1 aromatic heterocycles. The Balaban J connectivity index is 0.792.